The average molecular weight is 410 g/mol. The number of halogens is 1. The lowest BCUT2D eigenvalue weighted by molar-refractivity contribution is -0.0324. The number of hydrogen-bond acceptors (Lipinski definition) is 4. The number of hydrogen-bond donors (Lipinski definition) is 0. The normalized spacial score (nSPS) is 17.3. The summed E-state index contributed by atoms with van der Waals surface area (Å²) in [4.78, 5) is 2.39. The maximum atomic E-state index is 14.4. The highest BCUT2D eigenvalue weighted by atomic mass is 19.1. The summed E-state index contributed by atoms with van der Waals surface area (Å²) < 4.78 is 27.2. The Balaban J connectivity index is 1.73. The second kappa shape index (κ2) is 8.98. The van der Waals surface area contributed by atoms with Crippen molar-refractivity contribution in [1.29, 1.82) is 0 Å². The molecule has 30 heavy (non-hydrogen) atoms. The number of aromatic nitrogens is 2. The van der Waals surface area contributed by atoms with Crippen LogP contribution in [0.1, 0.15) is 24.5 Å². The third-order valence-corrected chi connectivity index (χ3v) is 5.65. The monoisotopic (exact) mass is 409 g/mol. The van der Waals surface area contributed by atoms with E-state index in [0.29, 0.717) is 0 Å². The first-order valence-electron chi connectivity index (χ1n) is 10.4. The van der Waals surface area contributed by atoms with Crippen molar-refractivity contribution < 1.29 is 13.9 Å². The van der Waals surface area contributed by atoms with Crippen LogP contribution in [0, 0.1) is 12.7 Å². The topological polar surface area (TPSA) is 39.5 Å². The van der Waals surface area contributed by atoms with Crippen molar-refractivity contribution in [2.45, 2.75) is 32.9 Å². The molecule has 1 aromatic heterocycles. The van der Waals surface area contributed by atoms with E-state index >= 15 is 0 Å². The molecule has 0 saturated carbocycles. The van der Waals surface area contributed by atoms with Crippen molar-refractivity contribution in [3.8, 4) is 22.7 Å². The molecular weight excluding hydrogens is 381 g/mol. The van der Waals surface area contributed by atoms with Gasteiger partial charge < -0.3 is 9.47 Å². The van der Waals surface area contributed by atoms with Crippen molar-refractivity contribution in [1.82, 2.24) is 14.7 Å². The molecule has 0 bridgehead atoms. The van der Waals surface area contributed by atoms with Crippen LogP contribution in [-0.4, -0.2) is 47.6 Å². The molecule has 0 spiro atoms. The number of aryl methyl sites for hydroxylation is 1. The molecule has 1 fully saturated rings. The molecule has 3 aromatic rings. The lowest BCUT2D eigenvalue weighted by Crippen LogP contribution is -2.41. The lowest BCUT2D eigenvalue weighted by atomic mass is 10.1. The van der Waals surface area contributed by atoms with E-state index in [9.17, 15) is 4.39 Å². The minimum atomic E-state index is -0.385. The standard InChI is InChI=1S/C24H28FN3O2/c1-4-20-16-27(11-12-30-20)14-19-15-28(22-8-6-5-7-17(22)2)26-24(19)18-9-10-23(29-3)21(25)13-18/h5-10,13,15,20H,4,11-12,14,16H2,1-3H3. The molecule has 2 heterocycles. The Morgan fingerprint density at radius 1 is 1.23 bits per heavy atom. The van der Waals surface area contributed by atoms with Crippen LogP contribution >= 0.6 is 0 Å². The first-order valence-corrected chi connectivity index (χ1v) is 10.4. The van der Waals surface area contributed by atoms with Crippen LogP contribution in [0.15, 0.2) is 48.7 Å². The largest absolute Gasteiger partial charge is 0.494 e. The van der Waals surface area contributed by atoms with Gasteiger partial charge in [-0.05, 0) is 43.2 Å². The number of rotatable bonds is 6. The average Bonchev–Trinajstić information content (AvgIpc) is 3.17. The summed E-state index contributed by atoms with van der Waals surface area (Å²) in [7, 11) is 1.47. The van der Waals surface area contributed by atoms with Gasteiger partial charge in [-0.2, -0.15) is 5.10 Å². The molecular formula is C24H28FN3O2. The van der Waals surface area contributed by atoms with Gasteiger partial charge in [0.2, 0.25) is 0 Å². The minimum absolute atomic E-state index is 0.234. The molecule has 0 amide bonds. The summed E-state index contributed by atoms with van der Waals surface area (Å²) in [5.41, 5.74) is 4.76. The van der Waals surface area contributed by atoms with Crippen LogP contribution in [0.5, 0.6) is 5.75 Å². The highest BCUT2D eigenvalue weighted by molar-refractivity contribution is 5.64. The van der Waals surface area contributed by atoms with Crippen LogP contribution < -0.4 is 4.74 Å². The van der Waals surface area contributed by atoms with Gasteiger partial charge in [0.1, 0.15) is 0 Å². The fourth-order valence-corrected chi connectivity index (χ4v) is 3.94. The fourth-order valence-electron chi connectivity index (χ4n) is 3.94. The van der Waals surface area contributed by atoms with E-state index in [1.807, 2.05) is 28.9 Å². The van der Waals surface area contributed by atoms with Crippen LogP contribution in [-0.2, 0) is 11.3 Å². The van der Waals surface area contributed by atoms with Gasteiger partial charge in [-0.25, -0.2) is 9.07 Å². The maximum Gasteiger partial charge on any atom is 0.165 e. The lowest BCUT2D eigenvalue weighted by Gasteiger charge is -2.32. The minimum Gasteiger partial charge on any atom is -0.494 e. The third kappa shape index (κ3) is 4.25. The van der Waals surface area contributed by atoms with E-state index in [0.717, 1.165) is 60.7 Å². The molecule has 0 N–H and O–H groups in total. The molecule has 2 aromatic carbocycles. The summed E-state index contributed by atoms with van der Waals surface area (Å²) >= 11 is 0. The van der Waals surface area contributed by atoms with Crippen LogP contribution in [0.25, 0.3) is 16.9 Å². The fraction of sp³-hybridized carbons (Fsp3) is 0.375. The third-order valence-electron chi connectivity index (χ3n) is 5.65. The Hall–Kier alpha value is -2.70. The van der Waals surface area contributed by atoms with Crippen molar-refractivity contribution in [3.63, 3.8) is 0 Å². The molecule has 6 heteroatoms. The second-order valence-corrected chi connectivity index (χ2v) is 7.72. The molecule has 0 radical (unpaired) electrons. The van der Waals surface area contributed by atoms with Gasteiger partial charge in [0.25, 0.3) is 0 Å². The van der Waals surface area contributed by atoms with Crippen molar-refractivity contribution >= 4 is 0 Å². The van der Waals surface area contributed by atoms with Crippen molar-refractivity contribution in [2.24, 2.45) is 0 Å². The van der Waals surface area contributed by atoms with Gasteiger partial charge in [-0.3, -0.25) is 4.90 Å². The number of ether oxygens (including phenoxy) is 2. The van der Waals surface area contributed by atoms with Gasteiger partial charge in [0, 0.05) is 37.0 Å². The SMILES string of the molecule is CCC1CN(Cc2cn(-c3ccccc3C)nc2-c2ccc(OC)c(F)c2)CCO1. The number of para-hydroxylation sites is 1. The maximum absolute atomic E-state index is 14.4. The smallest absolute Gasteiger partial charge is 0.165 e. The van der Waals surface area contributed by atoms with Crippen LogP contribution in [0.4, 0.5) is 4.39 Å². The second-order valence-electron chi connectivity index (χ2n) is 7.72. The highest BCUT2D eigenvalue weighted by Gasteiger charge is 2.22. The van der Waals surface area contributed by atoms with Gasteiger partial charge in [0.15, 0.2) is 11.6 Å². The number of nitrogens with zero attached hydrogens (tertiary/aromatic N) is 3. The Morgan fingerprint density at radius 2 is 2.07 bits per heavy atom. The van der Waals surface area contributed by atoms with E-state index in [-0.39, 0.29) is 17.7 Å². The Labute approximate surface area is 177 Å². The predicted octanol–water partition coefficient (Wildman–Crippen LogP) is 4.61. The molecule has 1 unspecified atom stereocenters. The summed E-state index contributed by atoms with van der Waals surface area (Å²) in [6.45, 7) is 7.46. The van der Waals surface area contributed by atoms with E-state index in [1.165, 1.54) is 13.2 Å². The van der Waals surface area contributed by atoms with E-state index in [2.05, 4.69) is 31.0 Å². The Morgan fingerprint density at radius 3 is 2.80 bits per heavy atom. The van der Waals surface area contributed by atoms with Gasteiger partial charge in [-0.15, -0.1) is 0 Å². The molecule has 1 aliphatic rings. The van der Waals surface area contributed by atoms with Crippen molar-refractivity contribution in [2.75, 3.05) is 26.8 Å². The van der Waals surface area contributed by atoms with Gasteiger partial charge >= 0.3 is 0 Å². The summed E-state index contributed by atoms with van der Waals surface area (Å²) in [6, 6.07) is 13.2. The van der Waals surface area contributed by atoms with E-state index < -0.39 is 0 Å². The molecule has 158 valence electrons. The van der Waals surface area contributed by atoms with E-state index in [1.54, 1.807) is 6.07 Å². The molecule has 0 aliphatic carbocycles. The number of methoxy groups -OCH3 is 1. The molecule has 1 saturated heterocycles. The Bertz CT molecular complexity index is 1020. The first kappa shape index (κ1) is 20.6. The zero-order valence-corrected chi connectivity index (χ0v) is 17.8. The summed E-state index contributed by atoms with van der Waals surface area (Å²) in [5.74, 6) is -0.151. The molecule has 5 nitrogen and oxygen atoms in total. The zero-order chi connectivity index (χ0) is 21.1. The molecule has 4 rings (SSSR count). The zero-order valence-electron chi connectivity index (χ0n) is 17.8. The van der Waals surface area contributed by atoms with Crippen molar-refractivity contribution in [3.05, 3.63) is 65.6 Å². The van der Waals surface area contributed by atoms with Gasteiger partial charge in [-0.1, -0.05) is 25.1 Å². The summed E-state index contributed by atoms with van der Waals surface area (Å²) in [6.07, 6.45) is 3.32. The van der Waals surface area contributed by atoms with E-state index in [4.69, 9.17) is 14.6 Å². The van der Waals surface area contributed by atoms with Crippen LogP contribution in [0.2, 0.25) is 0 Å². The number of benzene rings is 2. The molecule has 1 atom stereocenters. The highest BCUT2D eigenvalue weighted by Crippen LogP contribution is 2.29. The Kier molecular flexibility index (Phi) is 6.16. The quantitative estimate of drug-likeness (QED) is 0.596. The molecule has 1 aliphatic heterocycles. The van der Waals surface area contributed by atoms with Gasteiger partial charge in [0.05, 0.1) is 31.2 Å². The van der Waals surface area contributed by atoms with Crippen LogP contribution in [0.3, 0.4) is 0 Å². The first-order chi connectivity index (χ1) is 14.6. The summed E-state index contributed by atoms with van der Waals surface area (Å²) in [5, 5.41) is 4.86. The number of morpholine rings is 1. The predicted molar refractivity (Wildman–Crippen MR) is 116 cm³/mol.